The molecule has 1 aliphatic heterocycles. The summed E-state index contributed by atoms with van der Waals surface area (Å²) in [5.41, 5.74) is -2.87. The Morgan fingerprint density at radius 3 is 2.04 bits per heavy atom. The third-order valence-corrected chi connectivity index (χ3v) is 6.60. The minimum absolute atomic E-state index is 0.0245. The van der Waals surface area contributed by atoms with Crippen LogP contribution in [-0.2, 0) is 14.4 Å². The third kappa shape index (κ3) is 2.25. The smallest absolute Gasteiger partial charge is 0.320 e. The summed E-state index contributed by atoms with van der Waals surface area (Å²) in [4.78, 5) is 38.5. The molecule has 6 nitrogen and oxygen atoms in total. The van der Waals surface area contributed by atoms with E-state index in [9.17, 15) is 19.5 Å². The van der Waals surface area contributed by atoms with Gasteiger partial charge in [0, 0.05) is 31.0 Å². The van der Waals surface area contributed by atoms with E-state index in [-0.39, 0.29) is 17.4 Å². The number of carbonyl (C=O) groups is 3. The molecule has 1 heterocycles. The van der Waals surface area contributed by atoms with Crippen LogP contribution in [0.4, 0.5) is 0 Å². The highest BCUT2D eigenvalue weighted by Gasteiger charge is 2.85. The number of hydrogen-bond acceptors (Lipinski definition) is 3. The van der Waals surface area contributed by atoms with E-state index < -0.39 is 28.1 Å². The number of nitrogens with one attached hydrogen (secondary N) is 1. The van der Waals surface area contributed by atoms with Crippen LogP contribution < -0.4 is 5.32 Å². The van der Waals surface area contributed by atoms with Crippen molar-refractivity contribution in [3.05, 3.63) is 0 Å². The number of hydrogen-bond donors (Lipinski definition) is 2. The zero-order valence-corrected chi connectivity index (χ0v) is 15.8. The Kier molecular flexibility index (Phi) is 4.06. The van der Waals surface area contributed by atoms with Crippen LogP contribution in [0.2, 0.25) is 0 Å². The predicted octanol–water partition coefficient (Wildman–Crippen LogP) is 1.89. The fraction of sp³-hybridized carbons (Fsp3) is 0.833. The maximum absolute atomic E-state index is 12.7. The van der Waals surface area contributed by atoms with E-state index in [0.717, 1.165) is 0 Å². The summed E-state index contributed by atoms with van der Waals surface area (Å²) in [5.74, 6) is -1.40. The summed E-state index contributed by atoms with van der Waals surface area (Å²) < 4.78 is 0. The van der Waals surface area contributed by atoms with E-state index in [1.165, 1.54) is 0 Å². The molecule has 1 saturated carbocycles. The summed E-state index contributed by atoms with van der Waals surface area (Å²) in [6.07, 6.45) is 0.393. The zero-order valence-electron chi connectivity index (χ0n) is 15.8. The van der Waals surface area contributed by atoms with E-state index in [1.54, 1.807) is 0 Å². The summed E-state index contributed by atoms with van der Waals surface area (Å²) in [5, 5.41) is 12.5. The van der Waals surface area contributed by atoms with Gasteiger partial charge >= 0.3 is 5.97 Å². The lowest BCUT2D eigenvalue weighted by Crippen LogP contribution is -2.45. The van der Waals surface area contributed by atoms with Gasteiger partial charge < -0.3 is 15.3 Å². The molecule has 0 radical (unpaired) electrons. The van der Waals surface area contributed by atoms with Gasteiger partial charge in [-0.3, -0.25) is 14.4 Å². The molecule has 1 atom stereocenters. The summed E-state index contributed by atoms with van der Waals surface area (Å²) >= 11 is 0. The number of carbonyl (C=O) groups excluding carboxylic acids is 2. The highest BCUT2D eigenvalue weighted by Crippen LogP contribution is 2.77. The van der Waals surface area contributed by atoms with Gasteiger partial charge in [0.05, 0.1) is 0 Å². The van der Waals surface area contributed by atoms with Gasteiger partial charge in [-0.25, -0.2) is 0 Å². The molecule has 0 spiro atoms. The van der Waals surface area contributed by atoms with Gasteiger partial charge in [-0.2, -0.15) is 0 Å². The molecule has 1 aliphatic carbocycles. The van der Waals surface area contributed by atoms with Crippen molar-refractivity contribution in [2.75, 3.05) is 13.1 Å². The van der Waals surface area contributed by atoms with Crippen molar-refractivity contribution >= 4 is 17.8 Å². The minimum Gasteiger partial charge on any atom is -0.480 e. The van der Waals surface area contributed by atoms with Crippen molar-refractivity contribution in [3.63, 3.8) is 0 Å². The third-order valence-electron chi connectivity index (χ3n) is 6.60. The van der Waals surface area contributed by atoms with Crippen molar-refractivity contribution in [1.82, 2.24) is 10.2 Å². The van der Waals surface area contributed by atoms with Gasteiger partial charge in [-0.15, -0.1) is 0 Å². The Hall–Kier alpha value is -1.59. The van der Waals surface area contributed by atoms with Crippen LogP contribution >= 0.6 is 0 Å². The molecule has 0 aromatic rings. The van der Waals surface area contributed by atoms with E-state index in [2.05, 4.69) is 5.32 Å². The first-order valence-corrected chi connectivity index (χ1v) is 8.53. The Morgan fingerprint density at radius 2 is 1.71 bits per heavy atom. The molecule has 2 N–H and O–H groups in total. The number of carboxylic acid groups (broad SMARTS) is 1. The van der Waals surface area contributed by atoms with Gasteiger partial charge in [0.2, 0.25) is 11.8 Å². The lowest BCUT2D eigenvalue weighted by Gasteiger charge is -2.32. The second kappa shape index (κ2) is 5.20. The van der Waals surface area contributed by atoms with Gasteiger partial charge in [0.15, 0.2) is 5.41 Å². The molecule has 24 heavy (non-hydrogen) atoms. The van der Waals surface area contributed by atoms with Crippen LogP contribution in [0.1, 0.15) is 54.9 Å². The minimum atomic E-state index is -1.41. The molecular formula is C18H30N2O4. The molecular weight excluding hydrogens is 308 g/mol. The Morgan fingerprint density at radius 1 is 1.21 bits per heavy atom. The van der Waals surface area contributed by atoms with Crippen LogP contribution in [0.3, 0.4) is 0 Å². The maximum Gasteiger partial charge on any atom is 0.320 e. The average molecular weight is 338 g/mol. The molecule has 1 unspecified atom stereocenters. The predicted molar refractivity (Wildman–Crippen MR) is 90.2 cm³/mol. The maximum atomic E-state index is 12.7. The monoisotopic (exact) mass is 338 g/mol. The number of likely N-dealkylation sites (tertiary alicyclic amines) is 1. The van der Waals surface area contributed by atoms with Crippen LogP contribution in [0.5, 0.6) is 0 Å². The fourth-order valence-corrected chi connectivity index (χ4v) is 4.45. The Bertz CT molecular complexity index is 572. The topological polar surface area (TPSA) is 86.7 Å². The molecule has 2 fully saturated rings. The van der Waals surface area contributed by atoms with Crippen LogP contribution in [0, 0.1) is 22.2 Å². The number of nitrogens with zero attached hydrogens (tertiary/aromatic N) is 1. The first-order valence-electron chi connectivity index (χ1n) is 8.53. The highest BCUT2D eigenvalue weighted by atomic mass is 16.4. The van der Waals surface area contributed by atoms with Gasteiger partial charge in [0.1, 0.15) is 0 Å². The fourth-order valence-electron chi connectivity index (χ4n) is 4.45. The van der Waals surface area contributed by atoms with Crippen molar-refractivity contribution in [3.8, 4) is 0 Å². The van der Waals surface area contributed by atoms with Gasteiger partial charge in [0.25, 0.3) is 0 Å². The second-order valence-electron chi connectivity index (χ2n) is 9.26. The van der Waals surface area contributed by atoms with Crippen molar-refractivity contribution < 1.29 is 19.5 Å². The van der Waals surface area contributed by atoms with Gasteiger partial charge in [-0.05, 0) is 31.6 Å². The normalized spacial score (nSPS) is 27.0. The number of rotatable bonds is 4. The SMILES string of the molecule is CC(C)(C)N1CC(CNC(=O)C2(C(=O)O)C(C)(C)C2(C)C)CC1=O. The standard InChI is InChI=1S/C18H30N2O4/c1-15(2,3)20-10-11(8-12(20)21)9-19-13(22)18(14(23)24)16(4,5)17(18,6)7/h11H,8-10H2,1-7H3,(H,19,22)(H,23,24). The molecule has 1 saturated heterocycles. The summed E-state index contributed by atoms with van der Waals surface area (Å²) in [6.45, 7) is 14.2. The van der Waals surface area contributed by atoms with Crippen molar-refractivity contribution in [1.29, 1.82) is 0 Å². The van der Waals surface area contributed by atoms with E-state index in [4.69, 9.17) is 0 Å². The number of amides is 2. The van der Waals surface area contributed by atoms with E-state index >= 15 is 0 Å². The van der Waals surface area contributed by atoms with Crippen molar-refractivity contribution in [2.24, 2.45) is 22.2 Å². The van der Waals surface area contributed by atoms with E-state index in [0.29, 0.717) is 19.5 Å². The van der Waals surface area contributed by atoms with Crippen LogP contribution in [0.15, 0.2) is 0 Å². The molecule has 2 rings (SSSR count). The summed E-state index contributed by atoms with van der Waals surface area (Å²) in [7, 11) is 0. The molecule has 0 aromatic carbocycles. The first-order chi connectivity index (χ1) is 10.7. The molecule has 2 aliphatic rings. The quantitative estimate of drug-likeness (QED) is 0.766. The lowest BCUT2D eigenvalue weighted by molar-refractivity contribution is -0.152. The molecule has 2 amide bonds. The van der Waals surface area contributed by atoms with Gasteiger partial charge in [-0.1, -0.05) is 27.7 Å². The number of carboxylic acids is 1. The number of aliphatic carboxylic acids is 1. The summed E-state index contributed by atoms with van der Waals surface area (Å²) in [6, 6.07) is 0. The Balaban J connectivity index is 2.05. The lowest BCUT2D eigenvalue weighted by atomic mass is 9.93. The Labute approximate surface area is 144 Å². The molecule has 6 heteroatoms. The highest BCUT2D eigenvalue weighted by molar-refractivity contribution is 6.08. The molecule has 136 valence electrons. The zero-order chi connectivity index (χ0) is 18.7. The average Bonchev–Trinajstić information content (AvgIpc) is 2.68. The van der Waals surface area contributed by atoms with Crippen LogP contribution in [0.25, 0.3) is 0 Å². The van der Waals surface area contributed by atoms with Crippen molar-refractivity contribution in [2.45, 2.75) is 60.4 Å². The van der Waals surface area contributed by atoms with E-state index in [1.807, 2.05) is 53.4 Å². The largest absolute Gasteiger partial charge is 0.480 e. The first kappa shape index (κ1) is 18.7. The molecule has 0 aromatic heterocycles. The van der Waals surface area contributed by atoms with Crippen LogP contribution in [-0.4, -0.2) is 46.4 Å². The molecule has 0 bridgehead atoms. The second-order valence-corrected chi connectivity index (χ2v) is 9.26.